The van der Waals surface area contributed by atoms with Gasteiger partial charge in [-0.15, -0.1) is 0 Å². The van der Waals surface area contributed by atoms with Gasteiger partial charge in [-0.2, -0.15) is 4.98 Å². The van der Waals surface area contributed by atoms with E-state index in [-0.39, 0.29) is 5.75 Å². The van der Waals surface area contributed by atoms with Crippen LogP contribution in [0.4, 0.5) is 0 Å². The van der Waals surface area contributed by atoms with Crippen LogP contribution >= 0.6 is 0 Å². The Bertz CT molecular complexity index is 574. The number of hydrogen-bond donors (Lipinski definition) is 1. The monoisotopic (exact) mass is 260 g/mol. The van der Waals surface area contributed by atoms with E-state index in [0.717, 1.165) is 25.0 Å². The number of benzene rings is 1. The summed E-state index contributed by atoms with van der Waals surface area (Å²) in [7, 11) is 0. The standard InChI is InChI=1S/C14H16N2O3/c1-14(6-3-7-18-14)13-15-12(19-16-13)9-10-4-2-5-11(17)8-10/h2,4-5,8,17H,3,6-7,9H2,1H3. The Morgan fingerprint density at radius 1 is 1.42 bits per heavy atom. The molecule has 0 bridgehead atoms. The van der Waals surface area contributed by atoms with Crippen molar-refractivity contribution < 1.29 is 14.4 Å². The van der Waals surface area contributed by atoms with Crippen LogP contribution in [0.5, 0.6) is 5.75 Å². The van der Waals surface area contributed by atoms with E-state index in [1.54, 1.807) is 18.2 Å². The molecule has 0 amide bonds. The molecule has 3 rings (SSSR count). The molecule has 1 atom stereocenters. The van der Waals surface area contributed by atoms with Crippen LogP contribution in [-0.2, 0) is 16.8 Å². The van der Waals surface area contributed by atoms with Crippen molar-refractivity contribution in [2.24, 2.45) is 0 Å². The molecule has 1 N–H and O–H groups in total. The van der Waals surface area contributed by atoms with E-state index in [9.17, 15) is 5.11 Å². The molecule has 2 heterocycles. The summed E-state index contributed by atoms with van der Waals surface area (Å²) in [5, 5.41) is 13.4. The van der Waals surface area contributed by atoms with Gasteiger partial charge in [-0.1, -0.05) is 17.3 Å². The van der Waals surface area contributed by atoms with Crippen molar-refractivity contribution >= 4 is 0 Å². The van der Waals surface area contributed by atoms with Gasteiger partial charge in [0.2, 0.25) is 11.7 Å². The minimum Gasteiger partial charge on any atom is -0.508 e. The highest BCUT2D eigenvalue weighted by atomic mass is 16.5. The van der Waals surface area contributed by atoms with E-state index in [1.165, 1.54) is 0 Å². The molecule has 1 aliphatic heterocycles. The zero-order valence-corrected chi connectivity index (χ0v) is 10.8. The zero-order valence-electron chi connectivity index (χ0n) is 10.8. The highest BCUT2D eigenvalue weighted by Gasteiger charge is 2.36. The highest BCUT2D eigenvalue weighted by molar-refractivity contribution is 5.28. The molecule has 1 fully saturated rings. The predicted octanol–water partition coefficient (Wildman–Crippen LogP) is 2.39. The van der Waals surface area contributed by atoms with Crippen molar-refractivity contribution in [3.05, 3.63) is 41.5 Å². The summed E-state index contributed by atoms with van der Waals surface area (Å²) in [4.78, 5) is 4.40. The van der Waals surface area contributed by atoms with Crippen LogP contribution in [0.2, 0.25) is 0 Å². The van der Waals surface area contributed by atoms with Gasteiger partial charge < -0.3 is 14.4 Å². The van der Waals surface area contributed by atoms with E-state index in [4.69, 9.17) is 9.26 Å². The molecule has 0 spiro atoms. The third kappa shape index (κ3) is 2.46. The summed E-state index contributed by atoms with van der Waals surface area (Å²) < 4.78 is 10.9. The van der Waals surface area contributed by atoms with Crippen LogP contribution in [0.3, 0.4) is 0 Å². The van der Waals surface area contributed by atoms with Crippen LogP contribution in [0.15, 0.2) is 28.8 Å². The Morgan fingerprint density at radius 3 is 3.05 bits per heavy atom. The van der Waals surface area contributed by atoms with Crippen LogP contribution in [0.1, 0.15) is 37.0 Å². The minimum atomic E-state index is -0.416. The second-order valence-electron chi connectivity index (χ2n) is 5.04. The maximum Gasteiger partial charge on any atom is 0.231 e. The van der Waals surface area contributed by atoms with Gasteiger partial charge in [0.25, 0.3) is 0 Å². The molecule has 100 valence electrons. The summed E-state index contributed by atoms with van der Waals surface area (Å²) in [5.74, 6) is 1.39. The van der Waals surface area contributed by atoms with Crippen molar-refractivity contribution in [3.8, 4) is 5.75 Å². The molecular formula is C14H16N2O3. The first-order chi connectivity index (χ1) is 9.16. The van der Waals surface area contributed by atoms with Crippen molar-refractivity contribution in [1.82, 2.24) is 10.1 Å². The van der Waals surface area contributed by atoms with Crippen LogP contribution in [0.25, 0.3) is 0 Å². The van der Waals surface area contributed by atoms with E-state index in [1.807, 2.05) is 13.0 Å². The molecule has 1 aliphatic rings. The molecule has 0 radical (unpaired) electrons. The fraction of sp³-hybridized carbons (Fsp3) is 0.429. The Labute approximate surface area is 111 Å². The van der Waals surface area contributed by atoms with Crippen LogP contribution in [-0.4, -0.2) is 21.9 Å². The molecule has 5 heteroatoms. The topological polar surface area (TPSA) is 68.4 Å². The van der Waals surface area contributed by atoms with Crippen molar-refractivity contribution in [2.45, 2.75) is 31.8 Å². The second-order valence-corrected chi connectivity index (χ2v) is 5.04. The summed E-state index contributed by atoms with van der Waals surface area (Å²) in [6.45, 7) is 2.73. The number of rotatable bonds is 3. The lowest BCUT2D eigenvalue weighted by molar-refractivity contribution is 0.00768. The summed E-state index contributed by atoms with van der Waals surface area (Å²) in [6.07, 6.45) is 2.45. The number of aromatic hydroxyl groups is 1. The van der Waals surface area contributed by atoms with Crippen molar-refractivity contribution in [2.75, 3.05) is 6.61 Å². The molecule has 1 aromatic heterocycles. The smallest absolute Gasteiger partial charge is 0.231 e. The van der Waals surface area contributed by atoms with E-state index >= 15 is 0 Å². The van der Waals surface area contributed by atoms with E-state index in [2.05, 4.69) is 10.1 Å². The molecule has 0 saturated carbocycles. The third-order valence-electron chi connectivity index (χ3n) is 3.43. The Morgan fingerprint density at radius 2 is 2.32 bits per heavy atom. The lowest BCUT2D eigenvalue weighted by atomic mass is 10.0. The molecule has 0 aliphatic carbocycles. The lowest BCUT2D eigenvalue weighted by Gasteiger charge is -2.17. The number of ether oxygens (including phenoxy) is 1. The normalized spacial score (nSPS) is 22.8. The maximum atomic E-state index is 9.42. The van der Waals surface area contributed by atoms with Crippen LogP contribution < -0.4 is 0 Å². The number of phenols is 1. The van der Waals surface area contributed by atoms with Crippen LogP contribution in [0, 0.1) is 0 Å². The fourth-order valence-corrected chi connectivity index (χ4v) is 2.34. The van der Waals surface area contributed by atoms with Gasteiger partial charge in [-0.05, 0) is 37.5 Å². The van der Waals surface area contributed by atoms with E-state index < -0.39 is 5.60 Å². The van der Waals surface area contributed by atoms with Gasteiger partial charge in [0.05, 0.1) is 6.42 Å². The van der Waals surface area contributed by atoms with E-state index in [0.29, 0.717) is 18.1 Å². The first-order valence-electron chi connectivity index (χ1n) is 6.41. The van der Waals surface area contributed by atoms with Gasteiger partial charge in [0, 0.05) is 6.61 Å². The number of phenolic OH excluding ortho intramolecular Hbond substituents is 1. The second kappa shape index (κ2) is 4.66. The van der Waals surface area contributed by atoms with Gasteiger partial charge >= 0.3 is 0 Å². The number of hydrogen-bond acceptors (Lipinski definition) is 5. The predicted molar refractivity (Wildman–Crippen MR) is 67.7 cm³/mol. The van der Waals surface area contributed by atoms with Crippen molar-refractivity contribution in [3.63, 3.8) is 0 Å². The molecule has 19 heavy (non-hydrogen) atoms. The molecular weight excluding hydrogens is 244 g/mol. The SMILES string of the molecule is CC1(c2noc(Cc3cccc(O)c3)n2)CCCO1. The Kier molecular flexibility index (Phi) is 2.98. The first-order valence-corrected chi connectivity index (χ1v) is 6.41. The summed E-state index contributed by atoms with van der Waals surface area (Å²) in [5.41, 5.74) is 0.522. The highest BCUT2D eigenvalue weighted by Crippen LogP contribution is 2.33. The fourth-order valence-electron chi connectivity index (χ4n) is 2.34. The molecule has 1 unspecified atom stereocenters. The molecule has 1 aromatic carbocycles. The molecule has 5 nitrogen and oxygen atoms in total. The number of nitrogens with zero attached hydrogens (tertiary/aromatic N) is 2. The third-order valence-corrected chi connectivity index (χ3v) is 3.43. The van der Waals surface area contributed by atoms with Gasteiger partial charge in [0.1, 0.15) is 11.4 Å². The van der Waals surface area contributed by atoms with Gasteiger partial charge in [0.15, 0.2) is 0 Å². The molecule has 1 saturated heterocycles. The van der Waals surface area contributed by atoms with Gasteiger partial charge in [-0.25, -0.2) is 0 Å². The summed E-state index contributed by atoms with van der Waals surface area (Å²) >= 11 is 0. The van der Waals surface area contributed by atoms with Crippen molar-refractivity contribution in [1.29, 1.82) is 0 Å². The number of aromatic nitrogens is 2. The lowest BCUT2D eigenvalue weighted by Crippen LogP contribution is -2.21. The Hall–Kier alpha value is -1.88. The summed E-state index contributed by atoms with van der Waals surface area (Å²) in [6, 6.07) is 7.04. The quantitative estimate of drug-likeness (QED) is 0.917. The Balaban J connectivity index is 1.78. The average Bonchev–Trinajstić information content (AvgIpc) is 2.99. The maximum absolute atomic E-state index is 9.42. The first kappa shape index (κ1) is 12.2. The average molecular weight is 260 g/mol. The largest absolute Gasteiger partial charge is 0.508 e. The minimum absolute atomic E-state index is 0.239. The molecule has 2 aromatic rings. The van der Waals surface area contributed by atoms with Gasteiger partial charge in [-0.3, -0.25) is 0 Å². The zero-order chi connectivity index (χ0) is 13.3.